The summed E-state index contributed by atoms with van der Waals surface area (Å²) in [5.74, 6) is -0.737. The number of rotatable bonds is 7. The SMILES string of the molecule is CCC(C)N(CC(=O)Nc1ccon1)C(=O)c1ccc(Cl)c([N+](=O)[O-])c1. The molecule has 0 aliphatic rings. The number of nitro groups is 1. The van der Waals surface area contributed by atoms with Crippen LogP contribution in [0.3, 0.4) is 0 Å². The summed E-state index contributed by atoms with van der Waals surface area (Å²) < 4.78 is 4.63. The van der Waals surface area contributed by atoms with E-state index in [2.05, 4.69) is 15.0 Å². The van der Waals surface area contributed by atoms with Crippen LogP contribution in [0, 0.1) is 10.1 Å². The van der Waals surface area contributed by atoms with Crippen LogP contribution in [0.25, 0.3) is 0 Å². The van der Waals surface area contributed by atoms with E-state index in [0.29, 0.717) is 6.42 Å². The molecule has 2 rings (SSSR count). The van der Waals surface area contributed by atoms with Crippen molar-refractivity contribution in [2.75, 3.05) is 11.9 Å². The lowest BCUT2D eigenvalue weighted by Crippen LogP contribution is -2.43. The lowest BCUT2D eigenvalue weighted by molar-refractivity contribution is -0.384. The van der Waals surface area contributed by atoms with Crippen LogP contribution in [0.2, 0.25) is 5.02 Å². The van der Waals surface area contributed by atoms with Gasteiger partial charge in [-0.15, -0.1) is 0 Å². The first-order valence-electron chi connectivity index (χ1n) is 7.78. The third kappa shape index (κ3) is 4.57. The van der Waals surface area contributed by atoms with Crippen LogP contribution >= 0.6 is 11.6 Å². The number of nitrogens with one attached hydrogen (secondary N) is 1. The number of carbonyl (C=O) groups excluding carboxylic acids is 2. The lowest BCUT2D eigenvalue weighted by Gasteiger charge is -2.28. The van der Waals surface area contributed by atoms with Gasteiger partial charge >= 0.3 is 0 Å². The van der Waals surface area contributed by atoms with Crippen molar-refractivity contribution >= 4 is 34.9 Å². The van der Waals surface area contributed by atoms with Crippen molar-refractivity contribution in [3.05, 3.63) is 51.2 Å². The van der Waals surface area contributed by atoms with E-state index in [-0.39, 0.29) is 34.7 Å². The summed E-state index contributed by atoms with van der Waals surface area (Å²) >= 11 is 5.78. The Balaban J connectivity index is 2.23. The van der Waals surface area contributed by atoms with Gasteiger partial charge < -0.3 is 14.7 Å². The predicted molar refractivity (Wildman–Crippen MR) is 94.0 cm³/mol. The Morgan fingerprint density at radius 3 is 2.73 bits per heavy atom. The highest BCUT2D eigenvalue weighted by molar-refractivity contribution is 6.32. The van der Waals surface area contributed by atoms with Crippen molar-refractivity contribution < 1.29 is 19.0 Å². The number of aromatic nitrogens is 1. The summed E-state index contributed by atoms with van der Waals surface area (Å²) in [4.78, 5) is 36.7. The number of amides is 2. The molecule has 1 aromatic heterocycles. The Morgan fingerprint density at radius 2 is 2.15 bits per heavy atom. The minimum Gasteiger partial charge on any atom is -0.363 e. The van der Waals surface area contributed by atoms with Gasteiger partial charge in [0, 0.05) is 23.7 Å². The van der Waals surface area contributed by atoms with E-state index in [1.165, 1.54) is 29.4 Å². The van der Waals surface area contributed by atoms with E-state index in [9.17, 15) is 19.7 Å². The fourth-order valence-electron chi connectivity index (χ4n) is 2.21. The maximum atomic E-state index is 12.8. The highest BCUT2D eigenvalue weighted by Crippen LogP contribution is 2.26. The number of carbonyl (C=O) groups is 2. The lowest BCUT2D eigenvalue weighted by atomic mass is 10.1. The third-order valence-electron chi connectivity index (χ3n) is 3.79. The Kier molecular flexibility index (Phi) is 6.29. The maximum absolute atomic E-state index is 12.8. The quantitative estimate of drug-likeness (QED) is 0.582. The van der Waals surface area contributed by atoms with E-state index in [0.717, 1.165) is 6.07 Å². The second-order valence-corrected chi connectivity index (χ2v) is 5.95. The molecule has 9 nitrogen and oxygen atoms in total. The monoisotopic (exact) mass is 380 g/mol. The Bertz CT molecular complexity index is 809. The van der Waals surface area contributed by atoms with Gasteiger partial charge in [-0.1, -0.05) is 23.7 Å². The molecule has 0 aliphatic carbocycles. The zero-order valence-electron chi connectivity index (χ0n) is 14.1. The van der Waals surface area contributed by atoms with Crippen LogP contribution in [0.15, 0.2) is 35.1 Å². The molecule has 1 N–H and O–H groups in total. The van der Waals surface area contributed by atoms with Gasteiger partial charge in [-0.3, -0.25) is 19.7 Å². The number of hydrogen-bond acceptors (Lipinski definition) is 6. The first-order chi connectivity index (χ1) is 12.3. The normalized spacial score (nSPS) is 11.7. The summed E-state index contributed by atoms with van der Waals surface area (Å²) in [6, 6.07) is 4.99. The molecule has 26 heavy (non-hydrogen) atoms. The van der Waals surface area contributed by atoms with Gasteiger partial charge in [0.15, 0.2) is 5.82 Å². The Labute approximate surface area is 154 Å². The second-order valence-electron chi connectivity index (χ2n) is 5.55. The molecular formula is C16H17ClN4O5. The first-order valence-corrected chi connectivity index (χ1v) is 8.16. The second kappa shape index (κ2) is 8.43. The van der Waals surface area contributed by atoms with Crippen molar-refractivity contribution in [2.24, 2.45) is 0 Å². The van der Waals surface area contributed by atoms with Crippen LogP contribution in [-0.2, 0) is 4.79 Å². The Morgan fingerprint density at radius 1 is 1.42 bits per heavy atom. The van der Waals surface area contributed by atoms with Gasteiger partial charge in [0.2, 0.25) is 5.91 Å². The summed E-state index contributed by atoms with van der Waals surface area (Å²) in [5, 5.41) is 17.0. The molecule has 0 bridgehead atoms. The molecule has 0 fully saturated rings. The number of nitro benzene ring substituents is 1. The average molecular weight is 381 g/mol. The summed E-state index contributed by atoms with van der Waals surface area (Å²) in [7, 11) is 0. The van der Waals surface area contributed by atoms with Gasteiger partial charge in [-0.05, 0) is 25.5 Å². The fraction of sp³-hybridized carbons (Fsp3) is 0.312. The number of nitrogens with zero attached hydrogens (tertiary/aromatic N) is 3. The van der Waals surface area contributed by atoms with Crippen LogP contribution in [-0.4, -0.2) is 39.4 Å². The topological polar surface area (TPSA) is 119 Å². The smallest absolute Gasteiger partial charge is 0.288 e. The maximum Gasteiger partial charge on any atom is 0.288 e. The minimum absolute atomic E-state index is 0.0644. The number of anilines is 1. The van der Waals surface area contributed by atoms with E-state index >= 15 is 0 Å². The molecule has 0 saturated heterocycles. The first kappa shape index (κ1) is 19.4. The molecular weight excluding hydrogens is 364 g/mol. The van der Waals surface area contributed by atoms with E-state index in [1.807, 2.05) is 6.92 Å². The van der Waals surface area contributed by atoms with Gasteiger partial charge in [-0.2, -0.15) is 0 Å². The highest BCUT2D eigenvalue weighted by Gasteiger charge is 2.25. The van der Waals surface area contributed by atoms with Crippen molar-refractivity contribution in [3.63, 3.8) is 0 Å². The number of halogens is 1. The molecule has 1 aromatic carbocycles. The Hall–Kier alpha value is -2.94. The van der Waals surface area contributed by atoms with Crippen LogP contribution in [0.5, 0.6) is 0 Å². The van der Waals surface area contributed by atoms with Gasteiger partial charge in [-0.25, -0.2) is 0 Å². The van der Waals surface area contributed by atoms with Gasteiger partial charge in [0.25, 0.3) is 11.6 Å². The molecule has 0 aliphatic heterocycles. The standard InChI is InChI=1S/C16H17ClN4O5/c1-3-10(2)20(9-15(22)18-14-6-7-26-19-14)16(23)11-4-5-12(17)13(8-11)21(24)25/h4-8,10H,3,9H2,1-2H3,(H,18,19,22). The van der Waals surface area contributed by atoms with E-state index in [4.69, 9.17) is 11.6 Å². The van der Waals surface area contributed by atoms with E-state index in [1.54, 1.807) is 6.92 Å². The average Bonchev–Trinajstić information content (AvgIpc) is 3.11. The fourth-order valence-corrected chi connectivity index (χ4v) is 2.40. The summed E-state index contributed by atoms with van der Waals surface area (Å²) in [6.07, 6.45) is 1.90. The van der Waals surface area contributed by atoms with Crippen LogP contribution < -0.4 is 5.32 Å². The molecule has 0 saturated carbocycles. The molecule has 0 spiro atoms. The molecule has 10 heteroatoms. The van der Waals surface area contributed by atoms with Crippen molar-refractivity contribution in [1.29, 1.82) is 0 Å². The molecule has 138 valence electrons. The molecule has 1 heterocycles. The zero-order chi connectivity index (χ0) is 19.3. The molecule has 2 amide bonds. The molecule has 1 atom stereocenters. The van der Waals surface area contributed by atoms with Gasteiger partial charge in [0.05, 0.1) is 4.92 Å². The summed E-state index contributed by atoms with van der Waals surface area (Å²) in [5.41, 5.74) is -0.288. The zero-order valence-corrected chi connectivity index (χ0v) is 14.9. The molecule has 2 aromatic rings. The number of hydrogen-bond donors (Lipinski definition) is 1. The summed E-state index contributed by atoms with van der Waals surface area (Å²) in [6.45, 7) is 3.41. The van der Waals surface area contributed by atoms with Gasteiger partial charge in [0.1, 0.15) is 17.8 Å². The van der Waals surface area contributed by atoms with Crippen LogP contribution in [0.4, 0.5) is 11.5 Å². The largest absolute Gasteiger partial charge is 0.363 e. The van der Waals surface area contributed by atoms with Crippen LogP contribution in [0.1, 0.15) is 30.6 Å². The highest BCUT2D eigenvalue weighted by atomic mass is 35.5. The third-order valence-corrected chi connectivity index (χ3v) is 4.11. The minimum atomic E-state index is -0.663. The van der Waals surface area contributed by atoms with Crippen molar-refractivity contribution in [2.45, 2.75) is 26.3 Å². The van der Waals surface area contributed by atoms with E-state index < -0.39 is 16.7 Å². The van der Waals surface area contributed by atoms with Crippen molar-refractivity contribution in [3.8, 4) is 0 Å². The molecule has 0 radical (unpaired) electrons. The molecule has 1 unspecified atom stereocenters. The van der Waals surface area contributed by atoms with Crippen molar-refractivity contribution in [1.82, 2.24) is 10.1 Å². The number of benzene rings is 1. The predicted octanol–water partition coefficient (Wildman–Crippen LogP) is 3.12.